The molecule has 0 unspecified atom stereocenters. The molecule has 0 radical (unpaired) electrons. The molecule has 0 saturated carbocycles. The molecule has 21 heavy (non-hydrogen) atoms. The summed E-state index contributed by atoms with van der Waals surface area (Å²) < 4.78 is 20.2. The highest BCUT2D eigenvalue weighted by atomic mass is 79.9. The van der Waals surface area contributed by atoms with Gasteiger partial charge >= 0.3 is 0 Å². The van der Waals surface area contributed by atoms with E-state index in [-0.39, 0.29) is 5.75 Å². The highest BCUT2D eigenvalue weighted by Crippen LogP contribution is 2.32. The van der Waals surface area contributed by atoms with E-state index in [1.54, 1.807) is 6.07 Å². The van der Waals surface area contributed by atoms with Gasteiger partial charge in [0.1, 0.15) is 0 Å². The summed E-state index contributed by atoms with van der Waals surface area (Å²) in [7, 11) is 0. The van der Waals surface area contributed by atoms with Gasteiger partial charge in [0.05, 0.1) is 18.0 Å². The third-order valence-electron chi connectivity index (χ3n) is 3.02. The van der Waals surface area contributed by atoms with Gasteiger partial charge < -0.3 is 15.8 Å². The summed E-state index contributed by atoms with van der Waals surface area (Å²) in [5.41, 5.74) is 8.83. The van der Waals surface area contributed by atoms with E-state index in [9.17, 15) is 4.39 Å². The van der Waals surface area contributed by atoms with Crippen molar-refractivity contribution in [1.82, 2.24) is 0 Å². The molecular formula is C16H18BrFN2O. The van der Waals surface area contributed by atoms with Gasteiger partial charge in [-0.3, -0.25) is 0 Å². The molecule has 0 heterocycles. The lowest BCUT2D eigenvalue weighted by Crippen LogP contribution is -2.02. The number of ether oxygens (including phenoxy) is 1. The Morgan fingerprint density at radius 3 is 2.67 bits per heavy atom. The van der Waals surface area contributed by atoms with Crippen molar-refractivity contribution in [3.05, 3.63) is 46.2 Å². The summed E-state index contributed by atoms with van der Waals surface area (Å²) >= 11 is 3.42. The van der Waals surface area contributed by atoms with Crippen LogP contribution in [-0.2, 0) is 0 Å². The first-order valence-corrected chi connectivity index (χ1v) is 7.55. The zero-order valence-electron chi connectivity index (χ0n) is 12.0. The van der Waals surface area contributed by atoms with E-state index >= 15 is 0 Å². The smallest absolute Gasteiger partial charge is 0.167 e. The molecule has 0 aliphatic carbocycles. The lowest BCUT2D eigenvalue weighted by atomic mass is 10.2. The van der Waals surface area contributed by atoms with Gasteiger partial charge in [0, 0.05) is 22.3 Å². The van der Waals surface area contributed by atoms with Crippen molar-refractivity contribution in [2.45, 2.75) is 20.3 Å². The Balaban J connectivity index is 2.30. The van der Waals surface area contributed by atoms with Crippen LogP contribution in [0.25, 0.3) is 0 Å². The van der Waals surface area contributed by atoms with E-state index in [0.29, 0.717) is 18.0 Å². The third-order valence-corrected chi connectivity index (χ3v) is 3.52. The second kappa shape index (κ2) is 6.80. The maximum atomic E-state index is 13.8. The van der Waals surface area contributed by atoms with Crippen LogP contribution in [0.15, 0.2) is 34.8 Å². The highest BCUT2D eigenvalue weighted by molar-refractivity contribution is 9.10. The molecule has 2 aromatic carbocycles. The van der Waals surface area contributed by atoms with Crippen LogP contribution < -0.4 is 15.8 Å². The fourth-order valence-corrected chi connectivity index (χ4v) is 2.39. The Bertz CT molecular complexity index is 646. The first-order valence-electron chi connectivity index (χ1n) is 6.76. The lowest BCUT2D eigenvalue weighted by molar-refractivity contribution is 0.301. The first kappa shape index (κ1) is 15.6. The normalized spacial score (nSPS) is 10.5. The molecule has 0 aromatic heterocycles. The summed E-state index contributed by atoms with van der Waals surface area (Å²) in [5, 5.41) is 3.22. The summed E-state index contributed by atoms with van der Waals surface area (Å²) in [6.45, 7) is 4.43. The van der Waals surface area contributed by atoms with Gasteiger partial charge in [-0.05, 0) is 37.1 Å². The molecule has 0 bridgehead atoms. The first-order chi connectivity index (χ1) is 10.0. The zero-order chi connectivity index (χ0) is 15.4. The maximum Gasteiger partial charge on any atom is 0.167 e. The minimum atomic E-state index is -0.445. The number of nitrogens with two attached hydrogens (primary N) is 1. The second-order valence-corrected chi connectivity index (χ2v) is 5.72. The van der Waals surface area contributed by atoms with E-state index in [0.717, 1.165) is 22.1 Å². The zero-order valence-corrected chi connectivity index (χ0v) is 13.6. The van der Waals surface area contributed by atoms with Gasteiger partial charge in [-0.25, -0.2) is 4.39 Å². The number of halogens is 2. The Labute approximate surface area is 132 Å². The lowest BCUT2D eigenvalue weighted by Gasteiger charge is -2.14. The maximum absolute atomic E-state index is 13.8. The minimum Gasteiger partial charge on any atom is -0.490 e. The molecule has 0 fully saturated rings. The van der Waals surface area contributed by atoms with Gasteiger partial charge in [0.15, 0.2) is 11.6 Å². The third kappa shape index (κ3) is 3.88. The summed E-state index contributed by atoms with van der Waals surface area (Å²) in [6, 6.07) is 8.75. The molecule has 0 aliphatic rings. The molecule has 3 N–H and O–H groups in total. The highest BCUT2D eigenvalue weighted by Gasteiger charge is 2.10. The van der Waals surface area contributed by atoms with Gasteiger partial charge in [-0.1, -0.05) is 22.9 Å². The molecule has 0 atom stereocenters. The predicted molar refractivity (Wildman–Crippen MR) is 88.8 cm³/mol. The van der Waals surface area contributed by atoms with E-state index in [1.165, 1.54) is 6.07 Å². The number of nitrogens with one attached hydrogen (secondary N) is 1. The van der Waals surface area contributed by atoms with Crippen molar-refractivity contribution in [2.75, 3.05) is 17.7 Å². The Morgan fingerprint density at radius 1 is 1.24 bits per heavy atom. The molecule has 2 aromatic rings. The SMILES string of the molecule is CCCOc1cc(Nc2ccc(Br)cc2C)c(N)cc1F. The van der Waals surface area contributed by atoms with Gasteiger partial charge in [-0.15, -0.1) is 0 Å². The Hall–Kier alpha value is -1.75. The van der Waals surface area contributed by atoms with Crippen molar-refractivity contribution in [3.8, 4) is 5.75 Å². The molecule has 3 nitrogen and oxygen atoms in total. The van der Waals surface area contributed by atoms with Crippen molar-refractivity contribution >= 4 is 33.0 Å². The van der Waals surface area contributed by atoms with Crippen LogP contribution in [0, 0.1) is 12.7 Å². The number of aryl methyl sites for hydroxylation is 1. The summed E-state index contributed by atoms with van der Waals surface area (Å²) in [5.74, 6) is -0.234. The molecule has 0 aliphatic heterocycles. The topological polar surface area (TPSA) is 47.3 Å². The molecule has 0 spiro atoms. The molecule has 5 heteroatoms. The van der Waals surface area contributed by atoms with E-state index in [2.05, 4.69) is 21.2 Å². The van der Waals surface area contributed by atoms with Crippen LogP contribution in [0.1, 0.15) is 18.9 Å². The molecular weight excluding hydrogens is 335 g/mol. The number of hydrogen-bond acceptors (Lipinski definition) is 3. The molecule has 0 amide bonds. The van der Waals surface area contributed by atoms with Crippen LogP contribution >= 0.6 is 15.9 Å². The van der Waals surface area contributed by atoms with Crippen LogP contribution in [0.2, 0.25) is 0 Å². The van der Waals surface area contributed by atoms with Gasteiger partial charge in [0.2, 0.25) is 0 Å². The largest absolute Gasteiger partial charge is 0.490 e. The standard InChI is InChI=1S/C16H18BrFN2O/c1-3-6-21-16-9-15(13(19)8-12(16)18)20-14-5-4-11(17)7-10(14)2/h4-5,7-9,20H,3,6,19H2,1-2H3. The van der Waals surface area contributed by atoms with E-state index in [4.69, 9.17) is 10.5 Å². The van der Waals surface area contributed by atoms with Crippen molar-refractivity contribution in [1.29, 1.82) is 0 Å². The summed E-state index contributed by atoms with van der Waals surface area (Å²) in [4.78, 5) is 0. The molecule has 112 valence electrons. The van der Waals surface area contributed by atoms with Crippen LogP contribution in [0.4, 0.5) is 21.5 Å². The van der Waals surface area contributed by atoms with Gasteiger partial charge in [0.25, 0.3) is 0 Å². The van der Waals surface area contributed by atoms with Crippen molar-refractivity contribution in [2.24, 2.45) is 0 Å². The molecule has 2 rings (SSSR count). The monoisotopic (exact) mass is 352 g/mol. The number of benzene rings is 2. The Morgan fingerprint density at radius 2 is 2.00 bits per heavy atom. The van der Waals surface area contributed by atoms with E-state index in [1.807, 2.05) is 32.0 Å². The number of nitrogen functional groups attached to an aromatic ring is 1. The van der Waals surface area contributed by atoms with Crippen LogP contribution in [-0.4, -0.2) is 6.61 Å². The molecule has 0 saturated heterocycles. The average molecular weight is 353 g/mol. The fourth-order valence-electron chi connectivity index (χ4n) is 1.91. The minimum absolute atomic E-state index is 0.211. The summed E-state index contributed by atoms with van der Waals surface area (Å²) in [6.07, 6.45) is 0.818. The number of hydrogen-bond donors (Lipinski definition) is 2. The predicted octanol–water partition coefficient (Wildman–Crippen LogP) is 5.01. The second-order valence-electron chi connectivity index (χ2n) is 4.80. The van der Waals surface area contributed by atoms with Crippen LogP contribution in [0.5, 0.6) is 5.75 Å². The van der Waals surface area contributed by atoms with Crippen molar-refractivity contribution in [3.63, 3.8) is 0 Å². The average Bonchev–Trinajstić information content (AvgIpc) is 2.43. The van der Waals surface area contributed by atoms with Gasteiger partial charge in [-0.2, -0.15) is 0 Å². The quantitative estimate of drug-likeness (QED) is 0.743. The van der Waals surface area contributed by atoms with E-state index < -0.39 is 5.82 Å². The van der Waals surface area contributed by atoms with Crippen LogP contribution in [0.3, 0.4) is 0 Å². The number of anilines is 3. The Kier molecular flexibility index (Phi) is 5.07. The van der Waals surface area contributed by atoms with Crippen molar-refractivity contribution < 1.29 is 9.13 Å². The fraction of sp³-hybridized carbons (Fsp3) is 0.250. The number of rotatable bonds is 5.